The highest BCUT2D eigenvalue weighted by atomic mass is 35.5. The largest absolute Gasteiger partial charge is 0.354 e. The van der Waals surface area contributed by atoms with E-state index in [2.05, 4.69) is 5.32 Å². The van der Waals surface area contributed by atoms with Gasteiger partial charge in [-0.25, -0.2) is 13.8 Å². The number of aromatic nitrogens is 2. The average Bonchev–Trinajstić information content (AvgIpc) is 2.69. The van der Waals surface area contributed by atoms with E-state index in [0.29, 0.717) is 12.1 Å². The van der Waals surface area contributed by atoms with E-state index in [0.717, 1.165) is 22.6 Å². The zero-order valence-electron chi connectivity index (χ0n) is 16.3. The molecule has 29 heavy (non-hydrogen) atoms. The highest BCUT2D eigenvalue weighted by Crippen LogP contribution is 2.20. The predicted molar refractivity (Wildman–Crippen MR) is 112 cm³/mol. The van der Waals surface area contributed by atoms with Crippen molar-refractivity contribution < 1.29 is 9.18 Å². The second-order valence-corrected chi connectivity index (χ2v) is 7.29. The van der Waals surface area contributed by atoms with Crippen molar-refractivity contribution in [3.63, 3.8) is 0 Å². The maximum absolute atomic E-state index is 13.6. The number of nitrogens with zero attached hydrogens (tertiary/aromatic N) is 2. The van der Waals surface area contributed by atoms with E-state index in [4.69, 9.17) is 11.6 Å². The number of aryl methyl sites for hydroxylation is 1. The van der Waals surface area contributed by atoms with E-state index in [1.165, 1.54) is 16.7 Å². The quantitative estimate of drug-likeness (QED) is 0.692. The molecule has 1 heterocycles. The van der Waals surface area contributed by atoms with Crippen LogP contribution in [0.15, 0.2) is 46.0 Å². The number of benzene rings is 2. The lowest BCUT2D eigenvalue weighted by Gasteiger charge is -2.20. The lowest BCUT2D eigenvalue weighted by molar-refractivity contribution is -0.123. The molecule has 1 amide bonds. The Morgan fingerprint density at radius 3 is 2.59 bits per heavy atom. The molecule has 1 N–H and O–H groups in total. The van der Waals surface area contributed by atoms with E-state index >= 15 is 0 Å². The first kappa shape index (κ1) is 20.8. The predicted octanol–water partition coefficient (Wildman–Crippen LogP) is 3.34. The van der Waals surface area contributed by atoms with Gasteiger partial charge in [0, 0.05) is 6.54 Å². The number of carbonyl (C=O) groups is 1. The molecule has 1 aromatic heterocycles. The lowest BCUT2D eigenvalue weighted by Crippen LogP contribution is -2.43. The maximum atomic E-state index is 13.6. The molecule has 0 unspecified atom stereocenters. The van der Waals surface area contributed by atoms with Gasteiger partial charge in [0.1, 0.15) is 11.9 Å². The Morgan fingerprint density at radius 2 is 1.93 bits per heavy atom. The van der Waals surface area contributed by atoms with E-state index in [1.54, 1.807) is 25.1 Å². The monoisotopic (exact) mass is 417 g/mol. The molecule has 8 heteroatoms. The second kappa shape index (κ2) is 8.21. The van der Waals surface area contributed by atoms with Crippen molar-refractivity contribution in [2.45, 2.75) is 33.2 Å². The molecule has 0 aliphatic carbocycles. The molecule has 0 bridgehead atoms. The zero-order chi connectivity index (χ0) is 21.3. The van der Waals surface area contributed by atoms with Crippen LogP contribution in [0.3, 0.4) is 0 Å². The molecule has 0 saturated heterocycles. The molecule has 1 atom stereocenters. The van der Waals surface area contributed by atoms with Crippen LogP contribution in [0.1, 0.15) is 31.9 Å². The molecule has 152 valence electrons. The number of halogens is 2. The number of carbonyl (C=O) groups excluding carboxylic acids is 1. The van der Waals surface area contributed by atoms with Crippen molar-refractivity contribution in [3.05, 3.63) is 73.6 Å². The van der Waals surface area contributed by atoms with Crippen molar-refractivity contribution in [3.8, 4) is 5.69 Å². The van der Waals surface area contributed by atoms with Crippen LogP contribution in [0.5, 0.6) is 0 Å². The maximum Gasteiger partial charge on any atom is 0.336 e. The standard InChI is InChI=1S/C21H21ClFN3O3/c1-4-9-24-19(27)13(3)25-18-8-5-12(2)10-15(18)20(28)26(21(25)29)14-6-7-17(23)16(22)11-14/h5-8,10-11,13H,4,9H2,1-3H3,(H,24,27)/t13-/m1/s1. The Kier molecular flexibility index (Phi) is 5.88. The fourth-order valence-corrected chi connectivity index (χ4v) is 3.36. The SMILES string of the molecule is CCCNC(=O)[C@@H](C)n1c(=O)n(-c2ccc(F)c(Cl)c2)c(=O)c2cc(C)ccc21. The summed E-state index contributed by atoms with van der Waals surface area (Å²) in [5.74, 6) is -0.995. The van der Waals surface area contributed by atoms with Gasteiger partial charge in [-0.1, -0.05) is 30.2 Å². The topological polar surface area (TPSA) is 73.1 Å². The molecule has 0 spiro atoms. The van der Waals surface area contributed by atoms with Crippen LogP contribution in [-0.2, 0) is 4.79 Å². The first-order valence-corrected chi connectivity index (χ1v) is 9.65. The first-order valence-electron chi connectivity index (χ1n) is 9.27. The fourth-order valence-electron chi connectivity index (χ4n) is 3.19. The van der Waals surface area contributed by atoms with Gasteiger partial charge in [-0.15, -0.1) is 0 Å². The van der Waals surface area contributed by atoms with E-state index in [-0.39, 0.29) is 22.0 Å². The van der Waals surface area contributed by atoms with Crippen LogP contribution in [0.25, 0.3) is 16.6 Å². The molecule has 0 aliphatic heterocycles. The van der Waals surface area contributed by atoms with E-state index in [1.807, 2.05) is 13.8 Å². The molecule has 0 fully saturated rings. The van der Waals surface area contributed by atoms with Crippen molar-refractivity contribution in [1.82, 2.24) is 14.5 Å². The minimum Gasteiger partial charge on any atom is -0.354 e. The minimum atomic E-state index is -0.859. The summed E-state index contributed by atoms with van der Waals surface area (Å²) in [5.41, 5.74) is 0.0486. The zero-order valence-corrected chi connectivity index (χ0v) is 17.1. The number of amides is 1. The van der Waals surface area contributed by atoms with Crippen LogP contribution >= 0.6 is 11.6 Å². The van der Waals surface area contributed by atoms with Gasteiger partial charge in [-0.2, -0.15) is 0 Å². The summed E-state index contributed by atoms with van der Waals surface area (Å²) in [7, 11) is 0. The van der Waals surface area contributed by atoms with Gasteiger partial charge in [0.15, 0.2) is 0 Å². The summed E-state index contributed by atoms with van der Waals surface area (Å²) in [6.45, 7) is 5.82. The number of rotatable bonds is 5. The molecule has 6 nitrogen and oxygen atoms in total. The second-order valence-electron chi connectivity index (χ2n) is 6.88. The van der Waals surface area contributed by atoms with Gasteiger partial charge in [-0.05, 0) is 50.6 Å². The summed E-state index contributed by atoms with van der Waals surface area (Å²) >= 11 is 5.86. The molecular weight excluding hydrogens is 397 g/mol. The summed E-state index contributed by atoms with van der Waals surface area (Å²) in [5, 5.41) is 2.84. The van der Waals surface area contributed by atoms with Crippen LogP contribution in [-0.4, -0.2) is 21.6 Å². The molecule has 0 aliphatic rings. The Hall–Kier alpha value is -2.93. The van der Waals surface area contributed by atoms with Crippen molar-refractivity contribution in [1.29, 1.82) is 0 Å². The number of fused-ring (bicyclic) bond motifs is 1. The number of hydrogen-bond acceptors (Lipinski definition) is 3. The summed E-state index contributed by atoms with van der Waals surface area (Å²) in [6.07, 6.45) is 0.751. The smallest absolute Gasteiger partial charge is 0.336 e. The van der Waals surface area contributed by atoms with E-state index < -0.39 is 23.1 Å². The van der Waals surface area contributed by atoms with Gasteiger partial charge in [0.05, 0.1) is 21.6 Å². The third kappa shape index (κ3) is 3.82. The van der Waals surface area contributed by atoms with Gasteiger partial charge in [0.2, 0.25) is 5.91 Å². The fraction of sp³-hybridized carbons (Fsp3) is 0.286. The van der Waals surface area contributed by atoms with Crippen LogP contribution in [0.4, 0.5) is 4.39 Å². The molecule has 2 aromatic carbocycles. The Labute approximate surface area is 171 Å². The van der Waals surface area contributed by atoms with Gasteiger partial charge >= 0.3 is 5.69 Å². The highest BCUT2D eigenvalue weighted by molar-refractivity contribution is 6.30. The normalized spacial score (nSPS) is 12.2. The Morgan fingerprint density at radius 1 is 1.21 bits per heavy atom. The van der Waals surface area contributed by atoms with Crippen molar-refractivity contribution in [2.24, 2.45) is 0 Å². The van der Waals surface area contributed by atoms with Gasteiger partial charge in [0.25, 0.3) is 5.56 Å². The van der Waals surface area contributed by atoms with Crippen LogP contribution in [0.2, 0.25) is 5.02 Å². The minimum absolute atomic E-state index is 0.129. The number of hydrogen-bond donors (Lipinski definition) is 1. The van der Waals surface area contributed by atoms with Gasteiger partial charge in [-0.3, -0.25) is 14.2 Å². The molecule has 3 aromatic rings. The summed E-state index contributed by atoms with van der Waals surface area (Å²) in [6, 6.07) is 7.83. The third-order valence-corrected chi connectivity index (χ3v) is 5.01. The lowest BCUT2D eigenvalue weighted by atomic mass is 10.1. The number of nitrogens with one attached hydrogen (secondary N) is 1. The average molecular weight is 418 g/mol. The Bertz CT molecular complexity index is 1220. The van der Waals surface area contributed by atoms with Gasteiger partial charge < -0.3 is 5.32 Å². The van der Waals surface area contributed by atoms with Crippen molar-refractivity contribution >= 4 is 28.4 Å². The van der Waals surface area contributed by atoms with Crippen LogP contribution < -0.4 is 16.6 Å². The van der Waals surface area contributed by atoms with Crippen LogP contribution in [0, 0.1) is 12.7 Å². The van der Waals surface area contributed by atoms with Crippen molar-refractivity contribution in [2.75, 3.05) is 6.54 Å². The summed E-state index contributed by atoms with van der Waals surface area (Å²) in [4.78, 5) is 39.0. The Balaban J connectivity index is 2.36. The molecular formula is C21H21ClFN3O3. The van der Waals surface area contributed by atoms with E-state index in [9.17, 15) is 18.8 Å². The highest BCUT2D eigenvalue weighted by Gasteiger charge is 2.23. The molecule has 3 rings (SSSR count). The summed E-state index contributed by atoms with van der Waals surface area (Å²) < 4.78 is 15.8. The third-order valence-electron chi connectivity index (χ3n) is 4.72. The molecule has 0 saturated carbocycles. The first-order chi connectivity index (χ1) is 13.8. The molecule has 0 radical (unpaired) electrons.